The van der Waals surface area contributed by atoms with Gasteiger partial charge in [0.25, 0.3) is 0 Å². The number of anilines is 2. The smallest absolute Gasteiger partial charge is 0.217 e. The maximum absolute atomic E-state index is 11.1. The minimum Gasteiger partial charge on any atom is -0.383 e. The van der Waals surface area contributed by atoms with Gasteiger partial charge in [-0.3, -0.25) is 4.79 Å². The first-order chi connectivity index (χ1) is 9.38. The normalized spacial score (nSPS) is 18.6. The van der Waals surface area contributed by atoms with Gasteiger partial charge in [0, 0.05) is 37.5 Å². The molecular weight excluding hydrogens is 254 g/mol. The van der Waals surface area contributed by atoms with Gasteiger partial charge < -0.3 is 16.0 Å². The zero-order chi connectivity index (χ0) is 14.9. The Morgan fingerprint density at radius 3 is 2.75 bits per heavy atom. The van der Waals surface area contributed by atoms with Crippen LogP contribution in [0.3, 0.4) is 0 Å². The first-order valence-corrected chi connectivity index (χ1v) is 7.04. The number of nitrogens with two attached hydrogens (primary N) is 1. The molecule has 1 saturated heterocycles. The summed E-state index contributed by atoms with van der Waals surface area (Å²) in [6.45, 7) is 9.25. The van der Waals surface area contributed by atoms with Crippen LogP contribution >= 0.6 is 0 Å². The highest BCUT2D eigenvalue weighted by atomic mass is 16.1. The van der Waals surface area contributed by atoms with Crippen LogP contribution < -0.4 is 16.0 Å². The SMILES string of the molecule is CC(=O)NC1CCN(c2nc(C(C)C)nc(N)c2C)C1. The van der Waals surface area contributed by atoms with E-state index in [1.165, 1.54) is 0 Å². The van der Waals surface area contributed by atoms with Crippen molar-refractivity contribution in [3.05, 3.63) is 11.4 Å². The van der Waals surface area contributed by atoms with Crippen molar-refractivity contribution in [3.63, 3.8) is 0 Å². The molecule has 1 amide bonds. The average Bonchev–Trinajstić information content (AvgIpc) is 2.79. The van der Waals surface area contributed by atoms with E-state index in [-0.39, 0.29) is 17.9 Å². The maximum Gasteiger partial charge on any atom is 0.217 e. The van der Waals surface area contributed by atoms with Crippen LogP contribution in [0.1, 0.15) is 44.5 Å². The quantitative estimate of drug-likeness (QED) is 0.867. The highest BCUT2D eigenvalue weighted by Crippen LogP contribution is 2.27. The summed E-state index contributed by atoms with van der Waals surface area (Å²) < 4.78 is 0. The number of nitrogens with zero attached hydrogens (tertiary/aromatic N) is 3. The molecule has 1 aliphatic rings. The molecule has 1 fully saturated rings. The van der Waals surface area contributed by atoms with Gasteiger partial charge in [-0.05, 0) is 13.3 Å². The van der Waals surface area contributed by atoms with Crippen LogP contribution in [0.15, 0.2) is 0 Å². The van der Waals surface area contributed by atoms with Crippen molar-refractivity contribution in [1.82, 2.24) is 15.3 Å². The van der Waals surface area contributed by atoms with Crippen molar-refractivity contribution in [2.24, 2.45) is 0 Å². The molecule has 1 atom stereocenters. The molecule has 1 aromatic rings. The number of nitrogens with one attached hydrogen (secondary N) is 1. The summed E-state index contributed by atoms with van der Waals surface area (Å²) in [7, 11) is 0. The molecule has 3 N–H and O–H groups in total. The molecule has 0 saturated carbocycles. The predicted molar refractivity (Wildman–Crippen MR) is 79.7 cm³/mol. The van der Waals surface area contributed by atoms with E-state index >= 15 is 0 Å². The highest BCUT2D eigenvalue weighted by molar-refractivity contribution is 5.73. The molecule has 1 unspecified atom stereocenters. The van der Waals surface area contributed by atoms with Crippen LogP contribution in [0.2, 0.25) is 0 Å². The second kappa shape index (κ2) is 5.64. The van der Waals surface area contributed by atoms with Crippen molar-refractivity contribution in [2.75, 3.05) is 23.7 Å². The van der Waals surface area contributed by atoms with Crippen LogP contribution in [-0.4, -0.2) is 35.0 Å². The Labute approximate surface area is 119 Å². The third-order valence-electron chi connectivity index (χ3n) is 3.59. The Kier molecular flexibility index (Phi) is 4.11. The first kappa shape index (κ1) is 14.6. The van der Waals surface area contributed by atoms with E-state index < -0.39 is 0 Å². The van der Waals surface area contributed by atoms with Crippen molar-refractivity contribution in [2.45, 2.75) is 46.1 Å². The standard InChI is InChI=1S/C14H23N5O/c1-8(2)13-17-12(15)9(3)14(18-13)19-6-5-11(7-19)16-10(4)20/h8,11H,5-7H2,1-4H3,(H,16,20)(H2,15,17,18). The van der Waals surface area contributed by atoms with E-state index in [0.29, 0.717) is 5.82 Å². The fraction of sp³-hybridized carbons (Fsp3) is 0.643. The molecule has 0 bridgehead atoms. The first-order valence-electron chi connectivity index (χ1n) is 7.04. The number of hydrogen-bond donors (Lipinski definition) is 2. The largest absolute Gasteiger partial charge is 0.383 e. The lowest BCUT2D eigenvalue weighted by molar-refractivity contribution is -0.119. The fourth-order valence-corrected chi connectivity index (χ4v) is 2.46. The molecule has 6 heteroatoms. The molecule has 0 aromatic carbocycles. The summed E-state index contributed by atoms with van der Waals surface area (Å²) in [5.74, 6) is 2.46. The summed E-state index contributed by atoms with van der Waals surface area (Å²) >= 11 is 0. The van der Waals surface area contributed by atoms with E-state index in [1.54, 1.807) is 6.92 Å². The average molecular weight is 277 g/mol. The van der Waals surface area contributed by atoms with E-state index in [4.69, 9.17) is 5.73 Å². The van der Waals surface area contributed by atoms with Crippen LogP contribution in [0.25, 0.3) is 0 Å². The van der Waals surface area contributed by atoms with E-state index in [9.17, 15) is 4.79 Å². The molecule has 0 aliphatic carbocycles. The molecule has 1 aliphatic heterocycles. The molecule has 2 rings (SSSR count). The Balaban J connectivity index is 2.23. The van der Waals surface area contributed by atoms with Crippen LogP contribution in [0, 0.1) is 6.92 Å². The van der Waals surface area contributed by atoms with E-state index in [2.05, 4.69) is 34.0 Å². The Bertz CT molecular complexity index is 515. The number of rotatable bonds is 3. The Hall–Kier alpha value is -1.85. The second-order valence-electron chi connectivity index (χ2n) is 5.70. The number of nitrogen functional groups attached to an aromatic ring is 1. The molecule has 0 spiro atoms. The molecule has 6 nitrogen and oxygen atoms in total. The third kappa shape index (κ3) is 3.00. The Morgan fingerprint density at radius 1 is 1.45 bits per heavy atom. The van der Waals surface area contributed by atoms with Gasteiger partial charge in [0.1, 0.15) is 17.5 Å². The van der Waals surface area contributed by atoms with Gasteiger partial charge in [-0.2, -0.15) is 0 Å². The maximum atomic E-state index is 11.1. The fourth-order valence-electron chi connectivity index (χ4n) is 2.46. The predicted octanol–water partition coefficient (Wildman–Crippen LogP) is 1.21. The van der Waals surface area contributed by atoms with Gasteiger partial charge in [-0.15, -0.1) is 0 Å². The molecule has 110 valence electrons. The number of carbonyl (C=O) groups excluding carboxylic acids is 1. The lowest BCUT2D eigenvalue weighted by Gasteiger charge is -2.21. The van der Waals surface area contributed by atoms with E-state index in [0.717, 1.165) is 36.7 Å². The summed E-state index contributed by atoms with van der Waals surface area (Å²) in [4.78, 5) is 22.3. The number of hydrogen-bond acceptors (Lipinski definition) is 5. The zero-order valence-corrected chi connectivity index (χ0v) is 12.6. The number of amides is 1. The van der Waals surface area contributed by atoms with Gasteiger partial charge in [-0.25, -0.2) is 9.97 Å². The minimum atomic E-state index is 0.0126. The summed E-state index contributed by atoms with van der Waals surface area (Å²) in [6.07, 6.45) is 0.930. The number of aromatic nitrogens is 2. The molecule has 1 aromatic heterocycles. The molecule has 20 heavy (non-hydrogen) atoms. The third-order valence-corrected chi connectivity index (χ3v) is 3.59. The monoisotopic (exact) mass is 277 g/mol. The molecule has 0 radical (unpaired) electrons. The van der Waals surface area contributed by atoms with Crippen molar-refractivity contribution in [1.29, 1.82) is 0 Å². The Morgan fingerprint density at radius 2 is 2.15 bits per heavy atom. The summed E-state index contributed by atoms with van der Waals surface area (Å²) in [5.41, 5.74) is 6.91. The van der Waals surface area contributed by atoms with Gasteiger partial charge in [0.15, 0.2) is 0 Å². The van der Waals surface area contributed by atoms with Crippen LogP contribution in [-0.2, 0) is 4.79 Å². The van der Waals surface area contributed by atoms with Gasteiger partial charge >= 0.3 is 0 Å². The lowest BCUT2D eigenvalue weighted by Crippen LogP contribution is -2.36. The van der Waals surface area contributed by atoms with Crippen molar-refractivity contribution in [3.8, 4) is 0 Å². The minimum absolute atomic E-state index is 0.0126. The highest BCUT2D eigenvalue weighted by Gasteiger charge is 2.26. The topological polar surface area (TPSA) is 84.1 Å². The second-order valence-corrected chi connectivity index (χ2v) is 5.70. The van der Waals surface area contributed by atoms with Gasteiger partial charge in [0.2, 0.25) is 5.91 Å². The zero-order valence-electron chi connectivity index (χ0n) is 12.6. The van der Waals surface area contributed by atoms with E-state index in [1.807, 2.05) is 6.92 Å². The van der Waals surface area contributed by atoms with Crippen LogP contribution in [0.5, 0.6) is 0 Å². The van der Waals surface area contributed by atoms with Gasteiger partial charge in [-0.1, -0.05) is 13.8 Å². The summed E-state index contributed by atoms with van der Waals surface area (Å²) in [6, 6.07) is 0.186. The number of carbonyl (C=O) groups is 1. The van der Waals surface area contributed by atoms with Crippen molar-refractivity contribution < 1.29 is 4.79 Å². The van der Waals surface area contributed by atoms with Crippen molar-refractivity contribution >= 4 is 17.5 Å². The lowest BCUT2D eigenvalue weighted by atomic mass is 10.2. The molecule has 2 heterocycles. The molecular formula is C14H23N5O. The summed E-state index contributed by atoms with van der Waals surface area (Å²) in [5, 5.41) is 2.96. The van der Waals surface area contributed by atoms with Crippen LogP contribution in [0.4, 0.5) is 11.6 Å². The van der Waals surface area contributed by atoms with Gasteiger partial charge in [0.05, 0.1) is 0 Å².